The van der Waals surface area contributed by atoms with Crippen molar-refractivity contribution in [3.05, 3.63) is 39.8 Å². The largest absolute Gasteiger partial charge is 0.497 e. The molecule has 0 radical (unpaired) electrons. The van der Waals surface area contributed by atoms with Gasteiger partial charge in [-0.1, -0.05) is 0 Å². The quantitative estimate of drug-likeness (QED) is 0.686. The standard InChI is InChI=1S/C13H14N2O3S/c1-8-15-9(7-19-8)6-18-13(16)11-5-10(17-2)3-4-12(11)14/h3-5,7H,6,14H2,1-2H3. The lowest BCUT2D eigenvalue weighted by atomic mass is 10.2. The summed E-state index contributed by atoms with van der Waals surface area (Å²) < 4.78 is 10.2. The third kappa shape index (κ3) is 3.23. The lowest BCUT2D eigenvalue weighted by molar-refractivity contribution is 0.0469. The highest BCUT2D eigenvalue weighted by atomic mass is 32.1. The minimum atomic E-state index is -0.484. The highest BCUT2D eigenvalue weighted by Crippen LogP contribution is 2.20. The first-order chi connectivity index (χ1) is 9.10. The van der Waals surface area contributed by atoms with Gasteiger partial charge in [0.1, 0.15) is 12.4 Å². The Labute approximate surface area is 115 Å². The molecule has 0 spiro atoms. The molecule has 0 saturated heterocycles. The average Bonchev–Trinajstić information content (AvgIpc) is 2.82. The molecule has 1 heterocycles. The second-order valence-corrected chi connectivity index (χ2v) is 4.95. The van der Waals surface area contributed by atoms with Crippen LogP contribution in [0.5, 0.6) is 5.75 Å². The Bertz CT molecular complexity index is 595. The van der Waals surface area contributed by atoms with Gasteiger partial charge in [0.15, 0.2) is 0 Å². The molecule has 0 aliphatic carbocycles. The molecule has 1 aromatic carbocycles. The molecule has 0 bridgehead atoms. The molecule has 2 rings (SSSR count). The van der Waals surface area contributed by atoms with E-state index >= 15 is 0 Å². The molecular formula is C13H14N2O3S. The van der Waals surface area contributed by atoms with Crippen LogP contribution in [0.1, 0.15) is 21.1 Å². The molecule has 2 N–H and O–H groups in total. The van der Waals surface area contributed by atoms with Gasteiger partial charge in [0, 0.05) is 11.1 Å². The summed E-state index contributed by atoms with van der Waals surface area (Å²) in [5, 5.41) is 2.80. The number of carbonyl (C=O) groups excluding carboxylic acids is 1. The predicted octanol–water partition coefficient (Wildman–Crippen LogP) is 2.40. The number of rotatable bonds is 4. The molecular weight excluding hydrogens is 264 g/mol. The van der Waals surface area contributed by atoms with Crippen LogP contribution in [-0.2, 0) is 11.3 Å². The summed E-state index contributed by atoms with van der Waals surface area (Å²) in [4.78, 5) is 16.1. The number of hydrogen-bond acceptors (Lipinski definition) is 6. The van der Waals surface area contributed by atoms with Crippen LogP contribution in [0.25, 0.3) is 0 Å². The molecule has 0 atom stereocenters. The number of nitrogens with two attached hydrogens (primary N) is 1. The maximum atomic E-state index is 11.9. The van der Waals surface area contributed by atoms with Gasteiger partial charge in [0.2, 0.25) is 0 Å². The van der Waals surface area contributed by atoms with E-state index < -0.39 is 5.97 Å². The van der Waals surface area contributed by atoms with Crippen molar-refractivity contribution in [2.45, 2.75) is 13.5 Å². The first kappa shape index (κ1) is 13.4. The van der Waals surface area contributed by atoms with E-state index in [1.54, 1.807) is 18.2 Å². The van der Waals surface area contributed by atoms with E-state index in [0.29, 0.717) is 17.0 Å². The highest BCUT2D eigenvalue weighted by molar-refractivity contribution is 7.09. The average molecular weight is 278 g/mol. The first-order valence-electron chi connectivity index (χ1n) is 5.62. The number of carbonyl (C=O) groups is 1. The van der Waals surface area contributed by atoms with Crippen LogP contribution in [0.3, 0.4) is 0 Å². The van der Waals surface area contributed by atoms with E-state index in [2.05, 4.69) is 4.98 Å². The summed E-state index contributed by atoms with van der Waals surface area (Å²) in [6.07, 6.45) is 0. The van der Waals surface area contributed by atoms with Crippen LogP contribution in [0.15, 0.2) is 23.6 Å². The molecule has 1 aromatic heterocycles. The monoisotopic (exact) mass is 278 g/mol. The van der Waals surface area contributed by atoms with Crippen LogP contribution >= 0.6 is 11.3 Å². The molecule has 100 valence electrons. The van der Waals surface area contributed by atoms with Crippen molar-refractivity contribution >= 4 is 23.0 Å². The number of aryl methyl sites for hydroxylation is 1. The van der Waals surface area contributed by atoms with Crippen molar-refractivity contribution < 1.29 is 14.3 Å². The van der Waals surface area contributed by atoms with Gasteiger partial charge >= 0.3 is 5.97 Å². The van der Waals surface area contributed by atoms with Gasteiger partial charge in [-0.25, -0.2) is 9.78 Å². The van der Waals surface area contributed by atoms with Crippen molar-refractivity contribution in [3.63, 3.8) is 0 Å². The molecule has 6 heteroatoms. The van der Waals surface area contributed by atoms with Crippen molar-refractivity contribution in [1.29, 1.82) is 0 Å². The van der Waals surface area contributed by atoms with Crippen molar-refractivity contribution in [3.8, 4) is 5.75 Å². The van der Waals surface area contributed by atoms with E-state index in [-0.39, 0.29) is 6.61 Å². The first-order valence-corrected chi connectivity index (χ1v) is 6.49. The fourth-order valence-corrected chi connectivity index (χ4v) is 2.13. The van der Waals surface area contributed by atoms with E-state index in [9.17, 15) is 4.79 Å². The lowest BCUT2D eigenvalue weighted by Crippen LogP contribution is -2.08. The van der Waals surface area contributed by atoms with E-state index in [4.69, 9.17) is 15.2 Å². The summed E-state index contributed by atoms with van der Waals surface area (Å²) in [5.41, 5.74) is 7.14. The van der Waals surface area contributed by atoms with Gasteiger partial charge < -0.3 is 15.2 Å². The maximum Gasteiger partial charge on any atom is 0.340 e. The summed E-state index contributed by atoms with van der Waals surface area (Å²) in [5.74, 6) is 0.0766. The van der Waals surface area contributed by atoms with Gasteiger partial charge in [-0.2, -0.15) is 0 Å². The van der Waals surface area contributed by atoms with Gasteiger partial charge in [0.25, 0.3) is 0 Å². The number of nitrogen functional groups attached to an aromatic ring is 1. The Morgan fingerprint density at radius 2 is 2.26 bits per heavy atom. The zero-order chi connectivity index (χ0) is 13.8. The van der Waals surface area contributed by atoms with Crippen molar-refractivity contribution in [2.24, 2.45) is 0 Å². The predicted molar refractivity (Wildman–Crippen MR) is 73.4 cm³/mol. The van der Waals surface area contributed by atoms with Crippen molar-refractivity contribution in [2.75, 3.05) is 12.8 Å². The summed E-state index contributed by atoms with van der Waals surface area (Å²) in [7, 11) is 1.53. The smallest absolute Gasteiger partial charge is 0.340 e. The fraction of sp³-hybridized carbons (Fsp3) is 0.231. The number of methoxy groups -OCH3 is 1. The number of thiazole rings is 1. The highest BCUT2D eigenvalue weighted by Gasteiger charge is 2.13. The second-order valence-electron chi connectivity index (χ2n) is 3.89. The fourth-order valence-electron chi connectivity index (χ4n) is 1.53. The lowest BCUT2D eigenvalue weighted by Gasteiger charge is -2.07. The van der Waals surface area contributed by atoms with Crippen LogP contribution in [0.4, 0.5) is 5.69 Å². The zero-order valence-electron chi connectivity index (χ0n) is 10.7. The van der Waals surface area contributed by atoms with E-state index in [1.807, 2.05) is 12.3 Å². The third-order valence-corrected chi connectivity index (χ3v) is 3.32. The molecule has 0 fully saturated rings. The van der Waals surface area contributed by atoms with E-state index in [1.165, 1.54) is 18.4 Å². The Hall–Kier alpha value is -2.08. The number of hydrogen-bond donors (Lipinski definition) is 1. The minimum absolute atomic E-state index is 0.139. The van der Waals surface area contributed by atoms with Crippen LogP contribution in [0.2, 0.25) is 0 Å². The molecule has 5 nitrogen and oxygen atoms in total. The summed E-state index contributed by atoms with van der Waals surface area (Å²) >= 11 is 1.51. The van der Waals surface area contributed by atoms with E-state index in [0.717, 1.165) is 10.7 Å². The minimum Gasteiger partial charge on any atom is -0.497 e. The molecule has 0 saturated carbocycles. The number of anilines is 1. The summed E-state index contributed by atoms with van der Waals surface area (Å²) in [6.45, 7) is 2.04. The van der Waals surface area contributed by atoms with Crippen LogP contribution in [0, 0.1) is 6.92 Å². The van der Waals surface area contributed by atoms with Gasteiger partial charge in [-0.15, -0.1) is 11.3 Å². The molecule has 0 aliphatic rings. The topological polar surface area (TPSA) is 74.4 Å². The molecule has 0 aliphatic heterocycles. The number of ether oxygens (including phenoxy) is 2. The van der Waals surface area contributed by atoms with Crippen LogP contribution in [-0.4, -0.2) is 18.1 Å². The molecule has 0 amide bonds. The molecule has 0 unspecified atom stereocenters. The second kappa shape index (κ2) is 5.71. The number of aromatic nitrogens is 1. The maximum absolute atomic E-state index is 11.9. The zero-order valence-corrected chi connectivity index (χ0v) is 11.5. The van der Waals surface area contributed by atoms with Gasteiger partial charge in [-0.3, -0.25) is 0 Å². The Morgan fingerprint density at radius 3 is 2.89 bits per heavy atom. The number of esters is 1. The molecule has 2 aromatic rings. The third-order valence-electron chi connectivity index (χ3n) is 2.50. The Morgan fingerprint density at radius 1 is 1.47 bits per heavy atom. The summed E-state index contributed by atoms with van der Waals surface area (Å²) in [6, 6.07) is 4.86. The number of benzene rings is 1. The number of nitrogens with zero attached hydrogens (tertiary/aromatic N) is 1. The molecule has 19 heavy (non-hydrogen) atoms. The Balaban J connectivity index is 2.07. The van der Waals surface area contributed by atoms with Crippen LogP contribution < -0.4 is 10.5 Å². The van der Waals surface area contributed by atoms with Crippen molar-refractivity contribution in [1.82, 2.24) is 4.98 Å². The van der Waals surface area contributed by atoms with Gasteiger partial charge in [-0.05, 0) is 25.1 Å². The Kier molecular flexibility index (Phi) is 4.01. The SMILES string of the molecule is COc1ccc(N)c(C(=O)OCc2csc(C)n2)c1. The van der Waals surface area contributed by atoms with Gasteiger partial charge in [0.05, 0.1) is 23.4 Å². The normalized spacial score (nSPS) is 10.2.